The SMILES string of the molecule is COCCNC(=O)[C@@H]1CCN(S(C)(=O)=O)c2ccccc2O1. The second-order valence-electron chi connectivity index (χ2n) is 4.98. The summed E-state index contributed by atoms with van der Waals surface area (Å²) in [5.41, 5.74) is 0.456. The molecule has 0 fully saturated rings. The van der Waals surface area contributed by atoms with E-state index >= 15 is 0 Å². The zero-order valence-electron chi connectivity index (χ0n) is 12.6. The van der Waals surface area contributed by atoms with E-state index in [9.17, 15) is 13.2 Å². The van der Waals surface area contributed by atoms with Gasteiger partial charge in [-0.15, -0.1) is 0 Å². The molecule has 8 heteroatoms. The second kappa shape index (κ2) is 6.97. The Labute approximate surface area is 130 Å². The summed E-state index contributed by atoms with van der Waals surface area (Å²) in [5, 5.41) is 2.71. The van der Waals surface area contributed by atoms with Crippen LogP contribution in [-0.2, 0) is 19.6 Å². The van der Waals surface area contributed by atoms with Gasteiger partial charge in [-0.3, -0.25) is 9.10 Å². The van der Waals surface area contributed by atoms with Gasteiger partial charge in [0.15, 0.2) is 6.10 Å². The van der Waals surface area contributed by atoms with Crippen LogP contribution in [0.25, 0.3) is 0 Å². The van der Waals surface area contributed by atoms with Gasteiger partial charge in [-0.25, -0.2) is 8.42 Å². The molecule has 1 aliphatic rings. The topological polar surface area (TPSA) is 84.9 Å². The molecule has 1 aliphatic heterocycles. The highest BCUT2D eigenvalue weighted by Gasteiger charge is 2.30. The molecule has 0 saturated carbocycles. The lowest BCUT2D eigenvalue weighted by atomic mass is 10.2. The fourth-order valence-electron chi connectivity index (χ4n) is 2.25. The van der Waals surface area contributed by atoms with Crippen LogP contribution in [0.1, 0.15) is 6.42 Å². The van der Waals surface area contributed by atoms with E-state index in [1.165, 1.54) is 4.31 Å². The van der Waals surface area contributed by atoms with Gasteiger partial charge in [-0.2, -0.15) is 0 Å². The molecule has 1 amide bonds. The number of carbonyl (C=O) groups excluding carboxylic acids is 1. The highest BCUT2D eigenvalue weighted by atomic mass is 32.2. The van der Waals surface area contributed by atoms with E-state index in [0.717, 1.165) is 6.26 Å². The fraction of sp³-hybridized carbons (Fsp3) is 0.500. The van der Waals surface area contributed by atoms with E-state index < -0.39 is 16.1 Å². The van der Waals surface area contributed by atoms with Crippen molar-refractivity contribution in [1.82, 2.24) is 5.32 Å². The predicted molar refractivity (Wildman–Crippen MR) is 82.6 cm³/mol. The van der Waals surface area contributed by atoms with Crippen LogP contribution in [0.4, 0.5) is 5.69 Å². The molecule has 0 spiro atoms. The van der Waals surface area contributed by atoms with E-state index in [-0.39, 0.29) is 18.9 Å². The summed E-state index contributed by atoms with van der Waals surface area (Å²) < 4.78 is 35.7. The number of hydrogen-bond donors (Lipinski definition) is 1. The number of benzene rings is 1. The number of carbonyl (C=O) groups is 1. The van der Waals surface area contributed by atoms with Crippen molar-refractivity contribution in [1.29, 1.82) is 0 Å². The minimum Gasteiger partial charge on any atom is -0.478 e. The van der Waals surface area contributed by atoms with E-state index in [1.807, 2.05) is 0 Å². The number of sulfonamides is 1. The Morgan fingerprint density at radius 1 is 1.45 bits per heavy atom. The third kappa shape index (κ3) is 3.89. The predicted octanol–water partition coefficient (Wildman–Crippen LogP) is 0.366. The molecule has 1 heterocycles. The first-order valence-corrected chi connectivity index (χ1v) is 8.78. The lowest BCUT2D eigenvalue weighted by Crippen LogP contribution is -2.41. The van der Waals surface area contributed by atoms with Crippen LogP contribution < -0.4 is 14.4 Å². The molecule has 122 valence electrons. The molecule has 1 N–H and O–H groups in total. The lowest BCUT2D eigenvalue weighted by molar-refractivity contribution is -0.128. The van der Waals surface area contributed by atoms with Crippen LogP contribution in [0.5, 0.6) is 5.75 Å². The molecule has 0 aromatic heterocycles. The largest absolute Gasteiger partial charge is 0.478 e. The standard InChI is InChI=1S/C14H20N2O5S/c1-20-10-8-15-14(17)13-7-9-16(22(2,18)19)11-5-3-4-6-12(11)21-13/h3-6,13H,7-10H2,1-2H3,(H,15,17)/t13-/m0/s1. The Balaban J connectivity index is 2.20. The number of anilines is 1. The summed E-state index contributed by atoms with van der Waals surface area (Å²) in [5.74, 6) is 0.111. The highest BCUT2D eigenvalue weighted by molar-refractivity contribution is 7.92. The van der Waals surface area contributed by atoms with E-state index in [2.05, 4.69) is 5.32 Å². The lowest BCUT2D eigenvalue weighted by Gasteiger charge is -2.20. The van der Waals surface area contributed by atoms with Gasteiger partial charge in [0, 0.05) is 26.6 Å². The van der Waals surface area contributed by atoms with Gasteiger partial charge in [0.05, 0.1) is 18.6 Å². The Morgan fingerprint density at radius 2 is 2.18 bits per heavy atom. The number of ether oxygens (including phenoxy) is 2. The monoisotopic (exact) mass is 328 g/mol. The van der Waals surface area contributed by atoms with Gasteiger partial charge < -0.3 is 14.8 Å². The zero-order valence-corrected chi connectivity index (χ0v) is 13.4. The number of rotatable bonds is 5. The summed E-state index contributed by atoms with van der Waals surface area (Å²) >= 11 is 0. The third-order valence-corrected chi connectivity index (χ3v) is 4.48. The maximum absolute atomic E-state index is 12.1. The first kappa shape index (κ1) is 16.6. The average molecular weight is 328 g/mol. The van der Waals surface area contributed by atoms with Crippen molar-refractivity contribution < 1.29 is 22.7 Å². The van der Waals surface area contributed by atoms with Crippen molar-refractivity contribution in [2.24, 2.45) is 0 Å². The van der Waals surface area contributed by atoms with Gasteiger partial charge in [-0.1, -0.05) is 12.1 Å². The van der Waals surface area contributed by atoms with Crippen molar-refractivity contribution >= 4 is 21.6 Å². The van der Waals surface area contributed by atoms with Gasteiger partial charge in [0.25, 0.3) is 5.91 Å². The summed E-state index contributed by atoms with van der Waals surface area (Å²) in [6.07, 6.45) is 0.688. The molecule has 0 saturated heterocycles. The van der Waals surface area contributed by atoms with Crippen molar-refractivity contribution in [3.8, 4) is 5.75 Å². The van der Waals surface area contributed by atoms with Crippen molar-refractivity contribution in [3.05, 3.63) is 24.3 Å². The Morgan fingerprint density at radius 3 is 2.86 bits per heavy atom. The molecule has 7 nitrogen and oxygen atoms in total. The van der Waals surface area contributed by atoms with Crippen LogP contribution in [0.2, 0.25) is 0 Å². The first-order valence-electron chi connectivity index (χ1n) is 6.93. The quantitative estimate of drug-likeness (QED) is 0.789. The maximum Gasteiger partial charge on any atom is 0.261 e. The van der Waals surface area contributed by atoms with Crippen molar-refractivity contribution in [3.63, 3.8) is 0 Å². The minimum atomic E-state index is -3.43. The highest BCUT2D eigenvalue weighted by Crippen LogP contribution is 2.33. The molecule has 1 atom stereocenters. The van der Waals surface area contributed by atoms with Gasteiger partial charge in [0.2, 0.25) is 10.0 Å². The van der Waals surface area contributed by atoms with Gasteiger partial charge in [0.1, 0.15) is 5.75 Å². The molecule has 0 unspecified atom stereocenters. The second-order valence-corrected chi connectivity index (χ2v) is 6.89. The number of para-hydroxylation sites is 2. The van der Waals surface area contributed by atoms with Crippen LogP contribution in [0.3, 0.4) is 0 Å². The zero-order chi connectivity index (χ0) is 16.2. The summed E-state index contributed by atoms with van der Waals surface area (Å²) in [7, 11) is -1.88. The summed E-state index contributed by atoms with van der Waals surface area (Å²) in [6.45, 7) is 0.982. The smallest absolute Gasteiger partial charge is 0.261 e. The van der Waals surface area contributed by atoms with E-state index in [4.69, 9.17) is 9.47 Å². The number of methoxy groups -OCH3 is 1. The molecule has 2 rings (SSSR count). The average Bonchev–Trinajstić information content (AvgIpc) is 2.66. The maximum atomic E-state index is 12.1. The molecular formula is C14H20N2O5S. The normalized spacial score (nSPS) is 18.1. The van der Waals surface area contributed by atoms with E-state index in [1.54, 1.807) is 31.4 Å². The van der Waals surface area contributed by atoms with Crippen LogP contribution in [0, 0.1) is 0 Å². The Kier molecular flexibility index (Phi) is 5.25. The van der Waals surface area contributed by atoms with Gasteiger partial charge >= 0.3 is 0 Å². The van der Waals surface area contributed by atoms with E-state index in [0.29, 0.717) is 24.6 Å². The molecule has 1 aromatic carbocycles. The third-order valence-electron chi connectivity index (χ3n) is 3.30. The number of nitrogens with zero attached hydrogens (tertiary/aromatic N) is 1. The number of fused-ring (bicyclic) bond motifs is 1. The Hall–Kier alpha value is -1.80. The molecule has 22 heavy (non-hydrogen) atoms. The summed E-state index contributed by atoms with van der Waals surface area (Å²) in [4.78, 5) is 12.1. The summed E-state index contributed by atoms with van der Waals surface area (Å²) in [6, 6.07) is 6.81. The molecular weight excluding hydrogens is 308 g/mol. The first-order chi connectivity index (χ1) is 10.4. The Bertz CT molecular complexity index is 632. The molecule has 0 bridgehead atoms. The van der Waals surface area contributed by atoms with Crippen molar-refractivity contribution in [2.75, 3.05) is 37.4 Å². The van der Waals surface area contributed by atoms with Crippen LogP contribution >= 0.6 is 0 Å². The number of nitrogens with one attached hydrogen (secondary N) is 1. The fourth-order valence-corrected chi connectivity index (χ4v) is 3.19. The molecule has 1 aromatic rings. The minimum absolute atomic E-state index is 0.193. The van der Waals surface area contributed by atoms with Gasteiger partial charge in [-0.05, 0) is 12.1 Å². The number of amides is 1. The molecule has 0 radical (unpaired) electrons. The number of hydrogen-bond acceptors (Lipinski definition) is 5. The van der Waals surface area contributed by atoms with Crippen LogP contribution in [-0.4, -0.2) is 53.5 Å². The van der Waals surface area contributed by atoms with Crippen molar-refractivity contribution in [2.45, 2.75) is 12.5 Å². The van der Waals surface area contributed by atoms with Crippen LogP contribution in [0.15, 0.2) is 24.3 Å². The molecule has 0 aliphatic carbocycles.